The molecule has 1 aromatic carbocycles. The van der Waals surface area contributed by atoms with Crippen LogP contribution >= 0.6 is 24.0 Å². The van der Waals surface area contributed by atoms with Gasteiger partial charge in [0.05, 0.1) is 13.7 Å². The van der Waals surface area contributed by atoms with Crippen molar-refractivity contribution in [2.45, 2.75) is 26.3 Å². The molecule has 1 N–H and O–H groups in total. The van der Waals surface area contributed by atoms with Crippen molar-refractivity contribution >= 4 is 29.9 Å². The molecule has 0 heterocycles. The zero-order chi connectivity index (χ0) is 16.7. The van der Waals surface area contributed by atoms with E-state index < -0.39 is 0 Å². The maximum atomic E-state index is 5.69. The molecule has 1 aromatic rings. The van der Waals surface area contributed by atoms with E-state index in [0.717, 1.165) is 43.9 Å². The molecule has 1 aliphatic rings. The first-order chi connectivity index (χ1) is 11.1. The molecule has 0 unspecified atom stereocenters. The third kappa shape index (κ3) is 7.25. The molecule has 0 aromatic heterocycles. The average molecular weight is 447 g/mol. The van der Waals surface area contributed by atoms with Crippen molar-refractivity contribution in [2.24, 2.45) is 10.9 Å². The van der Waals surface area contributed by atoms with Gasteiger partial charge < -0.3 is 19.7 Å². The van der Waals surface area contributed by atoms with Gasteiger partial charge in [-0.05, 0) is 48.9 Å². The summed E-state index contributed by atoms with van der Waals surface area (Å²) >= 11 is 0. The zero-order valence-corrected chi connectivity index (χ0v) is 17.5. The summed E-state index contributed by atoms with van der Waals surface area (Å²) in [5, 5.41) is 3.39. The minimum atomic E-state index is 0. The number of nitrogens with one attached hydrogen (secondary N) is 1. The first kappa shape index (κ1) is 21.0. The lowest BCUT2D eigenvalue weighted by Gasteiger charge is -2.22. The van der Waals surface area contributed by atoms with Crippen molar-refractivity contribution in [1.29, 1.82) is 0 Å². The van der Waals surface area contributed by atoms with Crippen molar-refractivity contribution in [2.75, 3.05) is 41.0 Å². The Morgan fingerprint density at radius 3 is 2.71 bits per heavy atom. The van der Waals surface area contributed by atoms with Crippen LogP contribution < -0.4 is 10.1 Å². The van der Waals surface area contributed by atoms with Gasteiger partial charge in [-0.1, -0.05) is 6.07 Å². The van der Waals surface area contributed by atoms with Gasteiger partial charge in [0.25, 0.3) is 0 Å². The van der Waals surface area contributed by atoms with E-state index in [0.29, 0.717) is 0 Å². The number of methoxy groups -OCH3 is 1. The number of aliphatic imine (C=N–C) groups is 1. The zero-order valence-electron chi connectivity index (χ0n) is 15.2. The number of rotatable bonds is 8. The fraction of sp³-hybridized carbons (Fsp3) is 0.611. The summed E-state index contributed by atoms with van der Waals surface area (Å²) < 4.78 is 11.0. The number of likely N-dealkylation sites (N-methyl/N-ethyl adjacent to an activating group) is 1. The predicted octanol–water partition coefficient (Wildman–Crippen LogP) is 3.06. The van der Waals surface area contributed by atoms with Crippen molar-refractivity contribution < 1.29 is 9.47 Å². The molecule has 0 saturated heterocycles. The van der Waals surface area contributed by atoms with Gasteiger partial charge in [-0.3, -0.25) is 4.99 Å². The number of halogens is 1. The van der Waals surface area contributed by atoms with Gasteiger partial charge in [0.2, 0.25) is 0 Å². The van der Waals surface area contributed by atoms with Crippen molar-refractivity contribution in [3.63, 3.8) is 0 Å². The van der Waals surface area contributed by atoms with Crippen LogP contribution in [0.5, 0.6) is 5.75 Å². The molecule has 1 fully saturated rings. The number of hydrogen-bond donors (Lipinski definition) is 1. The number of hydrogen-bond acceptors (Lipinski definition) is 3. The summed E-state index contributed by atoms with van der Waals surface area (Å²) in [5.41, 5.74) is 2.37. The second-order valence-corrected chi connectivity index (χ2v) is 6.20. The number of benzene rings is 1. The van der Waals surface area contributed by atoms with E-state index in [1.807, 2.05) is 19.2 Å². The normalized spacial score (nSPS) is 14.1. The van der Waals surface area contributed by atoms with Crippen molar-refractivity contribution in [1.82, 2.24) is 10.2 Å². The van der Waals surface area contributed by atoms with Gasteiger partial charge in [0.15, 0.2) is 5.96 Å². The molecule has 5 nitrogen and oxygen atoms in total. The monoisotopic (exact) mass is 447 g/mol. The van der Waals surface area contributed by atoms with Gasteiger partial charge in [-0.15, -0.1) is 24.0 Å². The van der Waals surface area contributed by atoms with Crippen LogP contribution in [-0.4, -0.2) is 51.8 Å². The molecule has 136 valence electrons. The van der Waals surface area contributed by atoms with Crippen LogP contribution in [-0.2, 0) is 11.3 Å². The molecule has 1 saturated carbocycles. The fourth-order valence-electron chi connectivity index (χ4n) is 2.45. The number of guanidine groups is 1. The molecule has 2 rings (SSSR count). The van der Waals surface area contributed by atoms with Crippen LogP contribution in [0.2, 0.25) is 0 Å². The van der Waals surface area contributed by atoms with Gasteiger partial charge in [-0.25, -0.2) is 0 Å². The minimum absolute atomic E-state index is 0. The van der Waals surface area contributed by atoms with Crippen LogP contribution in [0, 0.1) is 12.8 Å². The van der Waals surface area contributed by atoms with E-state index >= 15 is 0 Å². The summed E-state index contributed by atoms with van der Waals surface area (Å²) in [6.45, 7) is 5.28. The molecule has 0 aliphatic heterocycles. The maximum Gasteiger partial charge on any atom is 0.193 e. The summed E-state index contributed by atoms with van der Waals surface area (Å²) in [7, 11) is 5.54. The van der Waals surface area contributed by atoms with E-state index in [-0.39, 0.29) is 24.0 Å². The molecular weight excluding hydrogens is 417 g/mol. The first-order valence-electron chi connectivity index (χ1n) is 8.26. The molecule has 0 radical (unpaired) electrons. The highest BCUT2D eigenvalue weighted by molar-refractivity contribution is 14.0. The number of aryl methyl sites for hydroxylation is 1. The van der Waals surface area contributed by atoms with Crippen LogP contribution in [0.3, 0.4) is 0 Å². The lowest BCUT2D eigenvalue weighted by atomic mass is 10.1. The van der Waals surface area contributed by atoms with E-state index in [4.69, 9.17) is 9.47 Å². The lowest BCUT2D eigenvalue weighted by molar-refractivity contribution is 0.115. The SMILES string of the molecule is CN=C(NCc1cc(C)cc(OC)c1)N(C)CCOCC1CC1.I. The molecule has 0 spiro atoms. The standard InChI is InChI=1S/C18H29N3O2.HI/c1-14-9-16(11-17(10-14)22-4)12-20-18(19-2)21(3)7-8-23-13-15-5-6-15;/h9-11,15H,5-8,12-13H2,1-4H3,(H,19,20);1H. The largest absolute Gasteiger partial charge is 0.497 e. The highest BCUT2D eigenvalue weighted by atomic mass is 127. The topological polar surface area (TPSA) is 46.1 Å². The Hall–Kier alpha value is -1.02. The Morgan fingerprint density at radius 2 is 2.08 bits per heavy atom. The Labute approximate surface area is 162 Å². The third-order valence-electron chi connectivity index (χ3n) is 3.99. The van der Waals surface area contributed by atoms with Gasteiger partial charge in [0, 0.05) is 33.8 Å². The second kappa shape index (κ2) is 10.8. The summed E-state index contributed by atoms with van der Waals surface area (Å²) in [4.78, 5) is 6.44. The molecule has 0 amide bonds. The predicted molar refractivity (Wildman–Crippen MR) is 110 cm³/mol. The first-order valence-corrected chi connectivity index (χ1v) is 8.26. The minimum Gasteiger partial charge on any atom is -0.497 e. The Morgan fingerprint density at radius 1 is 1.33 bits per heavy atom. The van der Waals surface area contributed by atoms with E-state index in [2.05, 4.69) is 28.2 Å². The number of ether oxygens (including phenoxy) is 2. The Kier molecular flexibility index (Phi) is 9.43. The van der Waals surface area contributed by atoms with Crippen LogP contribution in [0.15, 0.2) is 23.2 Å². The third-order valence-corrected chi connectivity index (χ3v) is 3.99. The summed E-state index contributed by atoms with van der Waals surface area (Å²) in [6, 6.07) is 6.23. The van der Waals surface area contributed by atoms with Crippen LogP contribution in [0.4, 0.5) is 0 Å². The van der Waals surface area contributed by atoms with Crippen LogP contribution in [0.25, 0.3) is 0 Å². The fourth-order valence-corrected chi connectivity index (χ4v) is 2.45. The van der Waals surface area contributed by atoms with E-state index in [9.17, 15) is 0 Å². The Balaban J connectivity index is 0.00000288. The highest BCUT2D eigenvalue weighted by Gasteiger charge is 2.21. The lowest BCUT2D eigenvalue weighted by Crippen LogP contribution is -2.40. The molecule has 0 atom stereocenters. The van der Waals surface area contributed by atoms with Crippen LogP contribution in [0.1, 0.15) is 24.0 Å². The molecule has 0 bridgehead atoms. The second-order valence-electron chi connectivity index (χ2n) is 6.20. The molecule has 1 aliphatic carbocycles. The van der Waals surface area contributed by atoms with Crippen molar-refractivity contribution in [3.8, 4) is 5.75 Å². The van der Waals surface area contributed by atoms with Gasteiger partial charge in [-0.2, -0.15) is 0 Å². The van der Waals surface area contributed by atoms with Gasteiger partial charge >= 0.3 is 0 Å². The highest BCUT2D eigenvalue weighted by Crippen LogP contribution is 2.28. The van der Waals surface area contributed by atoms with Crippen molar-refractivity contribution in [3.05, 3.63) is 29.3 Å². The summed E-state index contributed by atoms with van der Waals surface area (Å²) in [6.07, 6.45) is 2.66. The summed E-state index contributed by atoms with van der Waals surface area (Å²) in [5.74, 6) is 2.58. The molecular formula is C18H30IN3O2. The quantitative estimate of drug-likeness (QED) is 0.288. The number of nitrogens with zero attached hydrogens (tertiary/aromatic N) is 2. The maximum absolute atomic E-state index is 5.69. The average Bonchev–Trinajstić information content (AvgIpc) is 3.36. The smallest absolute Gasteiger partial charge is 0.193 e. The van der Waals surface area contributed by atoms with E-state index in [1.165, 1.54) is 24.0 Å². The van der Waals surface area contributed by atoms with E-state index in [1.54, 1.807) is 14.2 Å². The molecule has 6 heteroatoms. The Bertz CT molecular complexity index is 533. The van der Waals surface area contributed by atoms with Gasteiger partial charge in [0.1, 0.15) is 5.75 Å². The molecule has 24 heavy (non-hydrogen) atoms.